The van der Waals surface area contributed by atoms with Gasteiger partial charge in [-0.3, -0.25) is 9.59 Å². The number of hydrogen-bond donors (Lipinski definition) is 1. The molecule has 2 aromatic rings. The van der Waals surface area contributed by atoms with Crippen LogP contribution in [0.4, 0.5) is 5.69 Å². The first-order chi connectivity index (χ1) is 13.7. The van der Waals surface area contributed by atoms with Gasteiger partial charge in [-0.2, -0.15) is 4.31 Å². The second kappa shape index (κ2) is 8.46. The molecule has 1 aliphatic heterocycles. The quantitative estimate of drug-likeness (QED) is 0.727. The SMILES string of the molecule is CC(=O)c1ccc(NC(=O)C2CCCN(S(=O)(=O)c3cn(C(C)C)cn3)C2)cc1. The largest absolute Gasteiger partial charge is 0.334 e. The van der Waals surface area contributed by atoms with Crippen LogP contribution in [0.3, 0.4) is 0 Å². The number of hydrogen-bond acceptors (Lipinski definition) is 5. The van der Waals surface area contributed by atoms with Crippen LogP contribution < -0.4 is 5.32 Å². The summed E-state index contributed by atoms with van der Waals surface area (Å²) in [5, 5.41) is 2.82. The second-order valence-corrected chi connectivity index (χ2v) is 9.46. The Balaban J connectivity index is 1.69. The van der Waals surface area contributed by atoms with Crippen LogP contribution in [0.25, 0.3) is 0 Å². The predicted molar refractivity (Wildman–Crippen MR) is 109 cm³/mol. The van der Waals surface area contributed by atoms with Crippen LogP contribution in [-0.4, -0.2) is 47.1 Å². The highest BCUT2D eigenvalue weighted by atomic mass is 32.2. The molecule has 1 saturated heterocycles. The van der Waals surface area contributed by atoms with Gasteiger partial charge in [0, 0.05) is 36.6 Å². The number of anilines is 1. The zero-order valence-electron chi connectivity index (χ0n) is 16.8. The van der Waals surface area contributed by atoms with Crippen molar-refractivity contribution in [2.75, 3.05) is 18.4 Å². The van der Waals surface area contributed by atoms with Crippen molar-refractivity contribution in [3.05, 3.63) is 42.4 Å². The third kappa shape index (κ3) is 4.73. The Kier molecular flexibility index (Phi) is 6.18. The van der Waals surface area contributed by atoms with Gasteiger partial charge in [0.15, 0.2) is 10.8 Å². The third-order valence-electron chi connectivity index (χ3n) is 5.09. The van der Waals surface area contributed by atoms with Gasteiger partial charge in [0.1, 0.15) is 0 Å². The lowest BCUT2D eigenvalue weighted by atomic mass is 9.98. The number of rotatable bonds is 6. The lowest BCUT2D eigenvalue weighted by Crippen LogP contribution is -2.43. The van der Waals surface area contributed by atoms with E-state index in [1.54, 1.807) is 28.8 Å². The predicted octanol–water partition coefficient (Wildman–Crippen LogP) is 2.71. The van der Waals surface area contributed by atoms with Crippen molar-refractivity contribution in [3.63, 3.8) is 0 Å². The van der Waals surface area contributed by atoms with Gasteiger partial charge >= 0.3 is 0 Å². The fourth-order valence-electron chi connectivity index (χ4n) is 3.27. The van der Waals surface area contributed by atoms with Gasteiger partial charge in [-0.15, -0.1) is 0 Å². The van der Waals surface area contributed by atoms with Gasteiger partial charge in [0.2, 0.25) is 5.91 Å². The Labute approximate surface area is 171 Å². The van der Waals surface area contributed by atoms with E-state index in [1.165, 1.54) is 23.8 Å². The molecule has 1 aromatic carbocycles. The van der Waals surface area contributed by atoms with E-state index in [-0.39, 0.29) is 29.3 Å². The Morgan fingerprint density at radius 1 is 1.21 bits per heavy atom. The van der Waals surface area contributed by atoms with Crippen LogP contribution in [0.1, 0.15) is 50.0 Å². The number of nitrogens with one attached hydrogen (secondary N) is 1. The number of sulfonamides is 1. The molecule has 156 valence electrons. The number of ketones is 1. The molecule has 0 aliphatic carbocycles. The lowest BCUT2D eigenvalue weighted by molar-refractivity contribution is -0.120. The maximum atomic E-state index is 12.9. The van der Waals surface area contributed by atoms with Crippen LogP contribution in [0.5, 0.6) is 0 Å². The molecule has 1 atom stereocenters. The first kappa shape index (κ1) is 21.2. The number of nitrogens with zero attached hydrogens (tertiary/aromatic N) is 3. The number of carbonyl (C=O) groups excluding carboxylic acids is 2. The van der Waals surface area contributed by atoms with E-state index in [0.717, 1.165) is 0 Å². The van der Waals surface area contributed by atoms with Crippen molar-refractivity contribution in [1.29, 1.82) is 0 Å². The number of imidazole rings is 1. The zero-order valence-corrected chi connectivity index (χ0v) is 17.6. The van der Waals surface area contributed by atoms with Gasteiger partial charge in [-0.1, -0.05) is 0 Å². The topological polar surface area (TPSA) is 101 Å². The number of piperidine rings is 1. The summed E-state index contributed by atoms with van der Waals surface area (Å²) in [6, 6.07) is 6.76. The van der Waals surface area contributed by atoms with Crippen LogP contribution in [0, 0.1) is 5.92 Å². The molecule has 1 aromatic heterocycles. The van der Waals surface area contributed by atoms with Gasteiger partial charge in [0.05, 0.1) is 12.2 Å². The number of benzene rings is 1. The highest BCUT2D eigenvalue weighted by molar-refractivity contribution is 7.89. The zero-order chi connectivity index (χ0) is 21.2. The van der Waals surface area contributed by atoms with Crippen LogP contribution >= 0.6 is 0 Å². The van der Waals surface area contributed by atoms with Crippen molar-refractivity contribution in [2.45, 2.75) is 44.7 Å². The summed E-state index contributed by atoms with van der Waals surface area (Å²) in [6.45, 7) is 5.86. The maximum absolute atomic E-state index is 12.9. The minimum atomic E-state index is -3.75. The normalized spacial score (nSPS) is 18.0. The first-order valence-corrected chi connectivity index (χ1v) is 11.1. The standard InChI is InChI=1S/C20H26N4O4S/c1-14(2)23-12-19(21-13-23)29(27,28)24-10-4-5-17(11-24)20(26)22-18-8-6-16(7-9-18)15(3)25/h6-9,12-14,17H,4-5,10-11H2,1-3H3,(H,22,26). The Hall–Kier alpha value is -2.52. The molecule has 3 rings (SSSR count). The fourth-order valence-corrected chi connectivity index (χ4v) is 4.72. The van der Waals surface area contributed by atoms with Gasteiger partial charge in [-0.25, -0.2) is 13.4 Å². The van der Waals surface area contributed by atoms with Crippen LogP contribution in [-0.2, 0) is 14.8 Å². The minimum Gasteiger partial charge on any atom is -0.334 e. The van der Waals surface area contributed by atoms with Crippen molar-refractivity contribution >= 4 is 27.4 Å². The smallest absolute Gasteiger partial charge is 0.262 e. The molecule has 1 amide bonds. The van der Waals surface area contributed by atoms with E-state index in [2.05, 4.69) is 10.3 Å². The minimum absolute atomic E-state index is 0.00656. The summed E-state index contributed by atoms with van der Waals surface area (Å²) in [5.74, 6) is -0.720. The summed E-state index contributed by atoms with van der Waals surface area (Å²) in [7, 11) is -3.75. The number of amides is 1. The van der Waals surface area contributed by atoms with Crippen molar-refractivity contribution < 1.29 is 18.0 Å². The molecule has 0 bridgehead atoms. The highest BCUT2D eigenvalue weighted by Crippen LogP contribution is 2.24. The van der Waals surface area contributed by atoms with Gasteiger partial charge in [0.25, 0.3) is 10.0 Å². The highest BCUT2D eigenvalue weighted by Gasteiger charge is 2.34. The molecule has 0 radical (unpaired) electrons. The molecule has 29 heavy (non-hydrogen) atoms. The average molecular weight is 419 g/mol. The molecule has 0 spiro atoms. The average Bonchev–Trinajstić information content (AvgIpc) is 3.20. The Bertz CT molecular complexity index is 996. The third-order valence-corrected chi connectivity index (χ3v) is 6.84. The number of aromatic nitrogens is 2. The van der Waals surface area contributed by atoms with Crippen molar-refractivity contribution in [2.24, 2.45) is 5.92 Å². The van der Waals surface area contributed by atoms with Gasteiger partial charge < -0.3 is 9.88 Å². The molecule has 0 saturated carbocycles. The summed E-state index contributed by atoms with van der Waals surface area (Å²) in [4.78, 5) is 28.1. The van der Waals surface area contributed by atoms with Crippen LogP contribution in [0.2, 0.25) is 0 Å². The molecule has 1 fully saturated rings. The van der Waals surface area contributed by atoms with E-state index in [9.17, 15) is 18.0 Å². The fraction of sp³-hybridized carbons (Fsp3) is 0.450. The van der Waals surface area contributed by atoms with E-state index in [4.69, 9.17) is 0 Å². The van der Waals surface area contributed by atoms with E-state index in [1.807, 2.05) is 13.8 Å². The Morgan fingerprint density at radius 2 is 1.90 bits per heavy atom. The summed E-state index contributed by atoms with van der Waals surface area (Å²) in [6.07, 6.45) is 4.26. The molecular weight excluding hydrogens is 392 g/mol. The van der Waals surface area contributed by atoms with Gasteiger partial charge in [-0.05, 0) is 57.9 Å². The van der Waals surface area contributed by atoms with E-state index in [0.29, 0.717) is 30.6 Å². The van der Waals surface area contributed by atoms with Crippen molar-refractivity contribution in [3.8, 4) is 0 Å². The lowest BCUT2D eigenvalue weighted by Gasteiger charge is -2.30. The molecule has 1 aliphatic rings. The number of carbonyl (C=O) groups is 2. The second-order valence-electron chi connectivity index (χ2n) is 7.58. The molecule has 9 heteroatoms. The maximum Gasteiger partial charge on any atom is 0.262 e. The molecule has 2 heterocycles. The summed E-state index contributed by atoms with van der Waals surface area (Å²) < 4.78 is 29.0. The summed E-state index contributed by atoms with van der Waals surface area (Å²) >= 11 is 0. The molecule has 1 unspecified atom stereocenters. The first-order valence-electron chi connectivity index (χ1n) is 9.64. The molecule has 1 N–H and O–H groups in total. The molecule has 8 nitrogen and oxygen atoms in total. The van der Waals surface area contributed by atoms with Crippen molar-refractivity contribution in [1.82, 2.24) is 13.9 Å². The van der Waals surface area contributed by atoms with E-state index >= 15 is 0 Å². The monoisotopic (exact) mass is 418 g/mol. The number of Topliss-reactive ketones (excluding diaryl/α,β-unsaturated/α-hetero) is 1. The van der Waals surface area contributed by atoms with E-state index < -0.39 is 15.9 Å². The van der Waals surface area contributed by atoms with Crippen LogP contribution in [0.15, 0.2) is 41.8 Å². The molecular formula is C20H26N4O4S. The summed E-state index contributed by atoms with van der Waals surface area (Å²) in [5.41, 5.74) is 1.15. The Morgan fingerprint density at radius 3 is 2.48 bits per heavy atom.